The van der Waals surface area contributed by atoms with Gasteiger partial charge in [-0.3, -0.25) is 16.0 Å². The lowest BCUT2D eigenvalue weighted by Crippen LogP contribution is -2.70. The normalized spacial score (nSPS) is 50.1. The highest BCUT2D eigenvalue weighted by molar-refractivity contribution is 5.03. The maximum absolute atomic E-state index is 4.11. The van der Waals surface area contributed by atoms with Crippen LogP contribution in [-0.2, 0) is 0 Å². The minimum Gasteiger partial charge on any atom is -0.301 e. The van der Waals surface area contributed by atoms with Crippen molar-refractivity contribution in [2.24, 2.45) is 47.3 Å². The molecule has 5 N–H and O–H groups in total. The van der Waals surface area contributed by atoms with Gasteiger partial charge in [0.15, 0.2) is 0 Å². The number of nitrogens with one attached hydrogen (secondary N) is 5. The molecule has 5 nitrogen and oxygen atoms in total. The molecule has 5 heteroatoms. The standard InChI is InChI=1S/C34H61N5/c1-22-37-33(26-9-3-2-4-10-26)39-34(38-22)28-12-7-11-27(20-28)23-14-16-25(17-15-23)32-31-29-13-6-5-8-24(29)18-19-30(31)35-21-36-32/h22-39H,2-21H2,1H3. The van der Waals surface area contributed by atoms with E-state index in [1.807, 2.05) is 0 Å². The van der Waals surface area contributed by atoms with Crippen LogP contribution in [0.5, 0.6) is 0 Å². The van der Waals surface area contributed by atoms with Gasteiger partial charge in [-0.05, 0) is 125 Å². The summed E-state index contributed by atoms with van der Waals surface area (Å²) in [6.45, 7) is 3.41. The lowest BCUT2D eigenvalue weighted by atomic mass is 9.58. The summed E-state index contributed by atoms with van der Waals surface area (Å²) in [4.78, 5) is 0. The Labute approximate surface area is 239 Å². The zero-order valence-corrected chi connectivity index (χ0v) is 25.1. The molecule has 10 atom stereocenters. The first kappa shape index (κ1) is 27.6. The first-order chi connectivity index (χ1) is 19.2. The summed E-state index contributed by atoms with van der Waals surface area (Å²) in [5, 5.41) is 19.9. The van der Waals surface area contributed by atoms with Crippen LogP contribution in [0.15, 0.2) is 0 Å². The van der Waals surface area contributed by atoms with Gasteiger partial charge in [0.1, 0.15) is 0 Å². The molecule has 2 heterocycles. The van der Waals surface area contributed by atoms with Crippen LogP contribution in [-0.4, -0.2) is 37.2 Å². The Hall–Kier alpha value is -0.200. The van der Waals surface area contributed by atoms with E-state index in [1.54, 1.807) is 0 Å². The average Bonchev–Trinajstić information content (AvgIpc) is 3.01. The van der Waals surface area contributed by atoms with Crippen LogP contribution >= 0.6 is 0 Å². The monoisotopic (exact) mass is 539 g/mol. The lowest BCUT2D eigenvalue weighted by molar-refractivity contribution is -0.00259. The summed E-state index contributed by atoms with van der Waals surface area (Å²) < 4.78 is 0. The fourth-order valence-electron chi connectivity index (χ4n) is 11.5. The molecule has 10 unspecified atom stereocenters. The lowest BCUT2D eigenvalue weighted by Gasteiger charge is -2.54. The van der Waals surface area contributed by atoms with Crippen molar-refractivity contribution in [1.29, 1.82) is 0 Å². The Morgan fingerprint density at radius 1 is 0.462 bits per heavy atom. The third-order valence-electron chi connectivity index (χ3n) is 13.4. The van der Waals surface area contributed by atoms with Crippen molar-refractivity contribution in [1.82, 2.24) is 26.6 Å². The van der Waals surface area contributed by atoms with Gasteiger partial charge in [0.2, 0.25) is 0 Å². The molecule has 222 valence electrons. The Balaban J connectivity index is 0.943. The van der Waals surface area contributed by atoms with Crippen LogP contribution in [0.2, 0.25) is 0 Å². The zero-order valence-electron chi connectivity index (χ0n) is 25.1. The SMILES string of the molecule is CC1NC(C2CCCCC2)NC(C2CCCC(C3CCC(C4NCNC5CCC6CCCCC6C54)CC3)C2)N1. The van der Waals surface area contributed by atoms with Crippen LogP contribution in [0.25, 0.3) is 0 Å². The van der Waals surface area contributed by atoms with E-state index in [1.165, 1.54) is 122 Å². The predicted molar refractivity (Wildman–Crippen MR) is 161 cm³/mol. The number of fused-ring (bicyclic) bond motifs is 3. The van der Waals surface area contributed by atoms with Gasteiger partial charge in [-0.2, -0.15) is 0 Å². The molecule has 0 aromatic carbocycles. The topological polar surface area (TPSA) is 60.1 Å². The summed E-state index contributed by atoms with van der Waals surface area (Å²) in [6.07, 6.45) is 29.4. The molecule has 7 aliphatic rings. The Morgan fingerprint density at radius 3 is 1.95 bits per heavy atom. The molecule has 5 aliphatic carbocycles. The van der Waals surface area contributed by atoms with Crippen molar-refractivity contribution in [3.63, 3.8) is 0 Å². The molecule has 0 spiro atoms. The second-order valence-electron chi connectivity index (χ2n) is 15.5. The van der Waals surface area contributed by atoms with E-state index in [2.05, 4.69) is 33.5 Å². The summed E-state index contributed by atoms with van der Waals surface area (Å²) in [5.41, 5.74) is 0. The molecule has 0 aromatic heterocycles. The fourth-order valence-corrected chi connectivity index (χ4v) is 11.5. The Bertz CT molecular complexity index is 776. The maximum Gasteiger partial charge on any atom is 0.0624 e. The first-order valence-electron chi connectivity index (χ1n) is 18.0. The molecule has 5 saturated carbocycles. The highest BCUT2D eigenvalue weighted by Gasteiger charge is 2.48. The van der Waals surface area contributed by atoms with Gasteiger partial charge in [0.25, 0.3) is 0 Å². The van der Waals surface area contributed by atoms with Gasteiger partial charge in [-0.25, -0.2) is 0 Å². The minimum atomic E-state index is 0.434. The zero-order chi connectivity index (χ0) is 26.2. The van der Waals surface area contributed by atoms with Crippen LogP contribution in [0.3, 0.4) is 0 Å². The highest BCUT2D eigenvalue weighted by atomic mass is 15.4. The highest BCUT2D eigenvalue weighted by Crippen LogP contribution is 2.50. The Morgan fingerprint density at radius 2 is 1.10 bits per heavy atom. The molecular formula is C34H61N5. The van der Waals surface area contributed by atoms with Crippen molar-refractivity contribution in [3.05, 3.63) is 0 Å². The molecule has 2 saturated heterocycles. The van der Waals surface area contributed by atoms with E-state index < -0.39 is 0 Å². The van der Waals surface area contributed by atoms with Crippen LogP contribution in [0.4, 0.5) is 0 Å². The van der Waals surface area contributed by atoms with Crippen LogP contribution in [0, 0.1) is 47.3 Å². The van der Waals surface area contributed by atoms with Gasteiger partial charge in [0.05, 0.1) is 18.5 Å². The minimum absolute atomic E-state index is 0.434. The van der Waals surface area contributed by atoms with E-state index in [-0.39, 0.29) is 0 Å². The molecule has 7 rings (SSSR count). The number of hydrogen-bond donors (Lipinski definition) is 5. The van der Waals surface area contributed by atoms with E-state index >= 15 is 0 Å². The summed E-state index contributed by atoms with van der Waals surface area (Å²) in [5.74, 6) is 7.49. The van der Waals surface area contributed by atoms with Crippen LogP contribution < -0.4 is 26.6 Å². The molecule has 0 aromatic rings. The number of hydrogen-bond acceptors (Lipinski definition) is 5. The molecule has 7 fully saturated rings. The van der Waals surface area contributed by atoms with E-state index in [0.717, 1.165) is 66.1 Å². The van der Waals surface area contributed by atoms with Gasteiger partial charge in [-0.1, -0.05) is 51.4 Å². The van der Waals surface area contributed by atoms with Crippen molar-refractivity contribution in [3.8, 4) is 0 Å². The summed E-state index contributed by atoms with van der Waals surface area (Å²) in [7, 11) is 0. The van der Waals surface area contributed by atoms with Gasteiger partial charge < -0.3 is 10.6 Å². The molecular weight excluding hydrogens is 478 g/mol. The third-order valence-corrected chi connectivity index (χ3v) is 13.4. The molecule has 2 aliphatic heterocycles. The van der Waals surface area contributed by atoms with E-state index in [9.17, 15) is 0 Å². The van der Waals surface area contributed by atoms with Gasteiger partial charge in [-0.15, -0.1) is 0 Å². The average molecular weight is 540 g/mol. The summed E-state index contributed by atoms with van der Waals surface area (Å²) in [6, 6.07) is 1.60. The summed E-state index contributed by atoms with van der Waals surface area (Å²) >= 11 is 0. The van der Waals surface area contributed by atoms with Crippen molar-refractivity contribution >= 4 is 0 Å². The molecule has 0 amide bonds. The van der Waals surface area contributed by atoms with Crippen LogP contribution in [0.1, 0.15) is 129 Å². The molecule has 0 bridgehead atoms. The third kappa shape index (κ3) is 6.01. The fraction of sp³-hybridized carbons (Fsp3) is 1.00. The largest absolute Gasteiger partial charge is 0.301 e. The van der Waals surface area contributed by atoms with Gasteiger partial charge in [0, 0.05) is 18.8 Å². The van der Waals surface area contributed by atoms with Crippen molar-refractivity contribution in [2.45, 2.75) is 160 Å². The Kier molecular flexibility index (Phi) is 8.91. The second kappa shape index (κ2) is 12.6. The smallest absolute Gasteiger partial charge is 0.0624 e. The predicted octanol–water partition coefficient (Wildman–Crippen LogP) is 6.06. The first-order valence-corrected chi connectivity index (χ1v) is 18.0. The van der Waals surface area contributed by atoms with E-state index in [4.69, 9.17) is 0 Å². The van der Waals surface area contributed by atoms with Crippen molar-refractivity contribution < 1.29 is 0 Å². The number of rotatable bonds is 4. The molecule has 0 radical (unpaired) electrons. The quantitative estimate of drug-likeness (QED) is 0.300. The van der Waals surface area contributed by atoms with Crippen molar-refractivity contribution in [2.75, 3.05) is 6.67 Å². The van der Waals surface area contributed by atoms with E-state index in [0.29, 0.717) is 18.5 Å². The molecule has 39 heavy (non-hydrogen) atoms. The second-order valence-corrected chi connectivity index (χ2v) is 15.5. The maximum atomic E-state index is 4.11. The van der Waals surface area contributed by atoms with Gasteiger partial charge >= 0.3 is 0 Å².